The first-order valence-electron chi connectivity index (χ1n) is 5.80. The maximum absolute atomic E-state index is 6.00. The molecule has 4 nitrogen and oxygen atoms in total. The minimum atomic E-state index is -2.01. The van der Waals surface area contributed by atoms with Crippen LogP contribution in [0.5, 0.6) is 0 Å². The second-order valence-corrected chi connectivity index (χ2v) is 7.26. The van der Waals surface area contributed by atoms with Crippen LogP contribution in [0.25, 0.3) is 0 Å². The molecule has 0 aliphatic rings. The Kier molecular flexibility index (Phi) is 8.27. The molecule has 0 heterocycles. The molecule has 0 saturated carbocycles. The molecule has 0 aliphatic heterocycles. The molecule has 2 unspecified atom stereocenters. The van der Waals surface area contributed by atoms with Crippen molar-refractivity contribution in [3.05, 3.63) is 0 Å². The number of hydrogen-bond acceptors (Lipinski definition) is 4. The fourth-order valence-electron chi connectivity index (χ4n) is 1.61. The lowest BCUT2D eigenvalue weighted by Gasteiger charge is -2.29. The van der Waals surface area contributed by atoms with Crippen molar-refractivity contribution in [1.82, 2.24) is 0 Å². The molecule has 0 amide bonds. The fraction of sp³-hybridized carbons (Fsp3) is 1.00. The van der Waals surface area contributed by atoms with Crippen molar-refractivity contribution in [1.29, 1.82) is 0 Å². The second-order valence-electron chi connectivity index (χ2n) is 3.96. The Bertz CT molecular complexity index is 160. The van der Waals surface area contributed by atoms with Gasteiger partial charge in [0.05, 0.1) is 0 Å². The van der Waals surface area contributed by atoms with Crippen LogP contribution in [0.15, 0.2) is 0 Å². The van der Waals surface area contributed by atoms with Crippen LogP contribution in [-0.2, 0) is 8.85 Å². The minimum Gasteiger partial charge on any atom is -0.395 e. The molecule has 0 saturated heterocycles. The number of hydrogen-bond donors (Lipinski definition) is 2. The first-order valence-corrected chi connectivity index (χ1v) is 8.32. The van der Waals surface area contributed by atoms with Gasteiger partial charge in [-0.05, 0) is 52.4 Å². The van der Waals surface area contributed by atoms with E-state index in [0.717, 1.165) is 18.9 Å². The first-order chi connectivity index (χ1) is 7.08. The van der Waals surface area contributed by atoms with E-state index in [1.807, 2.05) is 6.92 Å². The van der Waals surface area contributed by atoms with Gasteiger partial charge >= 0.3 is 8.56 Å². The first kappa shape index (κ1) is 15.1. The van der Waals surface area contributed by atoms with E-state index in [-0.39, 0.29) is 6.10 Å². The lowest BCUT2D eigenvalue weighted by Crippen LogP contribution is -2.42. The second kappa shape index (κ2) is 8.24. The Hall–Kier alpha value is 0.0569. The highest BCUT2D eigenvalue weighted by atomic mass is 28.4. The lowest BCUT2D eigenvalue weighted by molar-refractivity contribution is 0.126. The van der Waals surface area contributed by atoms with E-state index in [9.17, 15) is 0 Å². The third-order valence-corrected chi connectivity index (χ3v) is 5.37. The fourth-order valence-corrected chi connectivity index (χ4v) is 4.37. The summed E-state index contributed by atoms with van der Waals surface area (Å²) in [6.45, 7) is 8.24. The largest absolute Gasteiger partial charge is 0.395 e. The monoisotopic (exact) mass is 234 g/mol. The maximum atomic E-state index is 6.00. The molecule has 0 spiro atoms. The van der Waals surface area contributed by atoms with Crippen LogP contribution in [0.2, 0.25) is 12.6 Å². The lowest BCUT2D eigenvalue weighted by atomic mass is 10.3. The molecule has 0 aliphatic carbocycles. The maximum Gasteiger partial charge on any atom is 0.335 e. The van der Waals surface area contributed by atoms with E-state index < -0.39 is 8.56 Å². The molecule has 0 rings (SSSR count). The van der Waals surface area contributed by atoms with Crippen LogP contribution in [0.1, 0.15) is 26.7 Å². The van der Waals surface area contributed by atoms with Crippen molar-refractivity contribution in [3.8, 4) is 0 Å². The molecule has 5 heteroatoms. The molecule has 0 aromatic rings. The van der Waals surface area contributed by atoms with Gasteiger partial charge in [0.1, 0.15) is 0 Å². The van der Waals surface area contributed by atoms with Crippen molar-refractivity contribution in [2.75, 3.05) is 19.7 Å². The molecular formula is C10H26N2O2Si. The average molecular weight is 234 g/mol. The predicted molar refractivity (Wildman–Crippen MR) is 65.9 cm³/mol. The van der Waals surface area contributed by atoms with Gasteiger partial charge < -0.3 is 20.3 Å². The van der Waals surface area contributed by atoms with E-state index in [0.29, 0.717) is 19.7 Å². The molecule has 0 aromatic carbocycles. The summed E-state index contributed by atoms with van der Waals surface area (Å²) < 4.78 is 11.8. The Morgan fingerprint density at radius 3 is 2.40 bits per heavy atom. The predicted octanol–water partition coefficient (Wildman–Crippen LogP) is 1.20. The highest BCUT2D eigenvalue weighted by molar-refractivity contribution is 6.66. The summed E-state index contributed by atoms with van der Waals surface area (Å²) in [5, 5.41) is 0. The van der Waals surface area contributed by atoms with Gasteiger partial charge in [0, 0.05) is 12.7 Å². The summed E-state index contributed by atoms with van der Waals surface area (Å²) in [5.74, 6) is 0. The minimum absolute atomic E-state index is 0.191. The Morgan fingerprint density at radius 2 is 1.93 bits per heavy atom. The van der Waals surface area contributed by atoms with Crippen molar-refractivity contribution in [3.63, 3.8) is 0 Å². The van der Waals surface area contributed by atoms with Crippen LogP contribution in [-0.4, -0.2) is 34.4 Å². The summed E-state index contributed by atoms with van der Waals surface area (Å²) in [5.41, 5.74) is 11.0. The molecular weight excluding hydrogens is 208 g/mol. The topological polar surface area (TPSA) is 70.5 Å². The highest BCUT2D eigenvalue weighted by Crippen LogP contribution is 2.18. The van der Waals surface area contributed by atoms with Crippen molar-refractivity contribution >= 4 is 8.56 Å². The molecule has 0 aromatic heterocycles. The average Bonchev–Trinajstić information content (AvgIpc) is 2.15. The third-order valence-electron chi connectivity index (χ3n) is 2.31. The van der Waals surface area contributed by atoms with Crippen molar-refractivity contribution < 1.29 is 8.85 Å². The SMILES string of the molecule is CCO[Si](C)(CCCN)OC(C)CCN. The van der Waals surface area contributed by atoms with Crippen LogP contribution >= 0.6 is 0 Å². The summed E-state index contributed by atoms with van der Waals surface area (Å²) in [6, 6.07) is 0.965. The zero-order valence-electron chi connectivity index (χ0n) is 10.3. The van der Waals surface area contributed by atoms with Gasteiger partial charge in [-0.15, -0.1) is 0 Å². The van der Waals surface area contributed by atoms with Gasteiger partial charge in [-0.1, -0.05) is 0 Å². The molecule has 4 N–H and O–H groups in total. The molecule has 0 bridgehead atoms. The van der Waals surface area contributed by atoms with Crippen LogP contribution in [0.3, 0.4) is 0 Å². The molecule has 0 radical (unpaired) electrons. The van der Waals surface area contributed by atoms with Gasteiger partial charge in [0.2, 0.25) is 0 Å². The Morgan fingerprint density at radius 1 is 1.27 bits per heavy atom. The van der Waals surface area contributed by atoms with E-state index in [1.54, 1.807) is 0 Å². The highest BCUT2D eigenvalue weighted by Gasteiger charge is 2.32. The normalized spacial score (nSPS) is 17.4. The van der Waals surface area contributed by atoms with Gasteiger partial charge in [-0.25, -0.2) is 0 Å². The number of rotatable bonds is 9. The van der Waals surface area contributed by atoms with Crippen LogP contribution < -0.4 is 11.5 Å². The molecule has 15 heavy (non-hydrogen) atoms. The smallest absolute Gasteiger partial charge is 0.335 e. The molecule has 2 atom stereocenters. The van der Waals surface area contributed by atoms with Crippen LogP contribution in [0.4, 0.5) is 0 Å². The Balaban J connectivity index is 4.09. The zero-order chi connectivity index (χ0) is 11.7. The quantitative estimate of drug-likeness (QED) is 0.588. The van der Waals surface area contributed by atoms with E-state index in [2.05, 4.69) is 13.5 Å². The summed E-state index contributed by atoms with van der Waals surface area (Å²) in [6.07, 6.45) is 2.05. The Labute approximate surface area is 94.6 Å². The van der Waals surface area contributed by atoms with E-state index >= 15 is 0 Å². The van der Waals surface area contributed by atoms with Gasteiger partial charge in [0.25, 0.3) is 0 Å². The van der Waals surface area contributed by atoms with E-state index in [4.69, 9.17) is 20.3 Å². The van der Waals surface area contributed by atoms with Crippen molar-refractivity contribution in [2.24, 2.45) is 11.5 Å². The van der Waals surface area contributed by atoms with Crippen molar-refractivity contribution in [2.45, 2.75) is 45.4 Å². The summed E-state index contributed by atoms with van der Waals surface area (Å²) in [7, 11) is -2.01. The van der Waals surface area contributed by atoms with E-state index in [1.165, 1.54) is 0 Å². The number of nitrogens with two attached hydrogens (primary N) is 2. The van der Waals surface area contributed by atoms with Crippen LogP contribution in [0, 0.1) is 0 Å². The van der Waals surface area contributed by atoms with Gasteiger partial charge in [0.15, 0.2) is 0 Å². The standard InChI is InChI=1S/C10H26N2O2Si/c1-4-13-15(3,9-5-7-11)14-10(2)6-8-12/h10H,4-9,11-12H2,1-3H3. The van der Waals surface area contributed by atoms with Gasteiger partial charge in [-0.3, -0.25) is 0 Å². The molecule has 0 fully saturated rings. The third kappa shape index (κ3) is 7.02. The summed E-state index contributed by atoms with van der Waals surface area (Å²) in [4.78, 5) is 0. The molecule has 92 valence electrons. The zero-order valence-corrected chi connectivity index (χ0v) is 11.3. The summed E-state index contributed by atoms with van der Waals surface area (Å²) >= 11 is 0. The van der Waals surface area contributed by atoms with Gasteiger partial charge in [-0.2, -0.15) is 0 Å².